The topological polar surface area (TPSA) is 53.1 Å². The van der Waals surface area contributed by atoms with Gasteiger partial charge in [-0.3, -0.25) is 9.59 Å². The summed E-state index contributed by atoms with van der Waals surface area (Å²) in [4.78, 5) is 30.7. The monoisotopic (exact) mass is 297 g/mol. The van der Waals surface area contributed by atoms with Gasteiger partial charge in [0.2, 0.25) is 11.8 Å². The van der Waals surface area contributed by atoms with Crippen LogP contribution in [0.4, 0.5) is 0 Å². The summed E-state index contributed by atoms with van der Waals surface area (Å²) in [7, 11) is 1.63. The Hall–Kier alpha value is -1.14. The van der Waals surface area contributed by atoms with Gasteiger partial charge in [-0.05, 0) is 13.5 Å². The second-order valence-corrected chi connectivity index (χ2v) is 6.01. The van der Waals surface area contributed by atoms with E-state index in [4.69, 9.17) is 4.74 Å². The fourth-order valence-corrected chi connectivity index (χ4v) is 3.20. The average molecular weight is 297 g/mol. The summed E-state index contributed by atoms with van der Waals surface area (Å²) in [6, 6.07) is 0.0391. The molecule has 2 rings (SSSR count). The number of hydrogen-bond donors (Lipinski definition) is 0. The number of carbonyl (C=O) groups excluding carboxylic acids is 2. The van der Waals surface area contributed by atoms with Gasteiger partial charge in [0.25, 0.3) is 0 Å². The van der Waals surface area contributed by atoms with Crippen LogP contribution in [0.2, 0.25) is 0 Å². The zero-order valence-electron chi connectivity index (χ0n) is 13.4. The minimum atomic E-state index is -0.176. The van der Waals surface area contributed by atoms with Crippen molar-refractivity contribution < 1.29 is 14.3 Å². The molecule has 6 heteroatoms. The number of ether oxygens (including phenoxy) is 1. The maximum absolute atomic E-state index is 12.6. The number of nitrogens with zero attached hydrogens (tertiary/aromatic N) is 3. The first kappa shape index (κ1) is 16.2. The molecule has 2 saturated heterocycles. The standard InChI is InChI=1S/C15H27N3O3/c1-4-16-5-7-17(8-6-16)15(20)13-9-14(19)18(10-13)12(2)11-21-3/h12-13H,4-11H2,1-3H3/t12-,13+/m1/s1. The van der Waals surface area contributed by atoms with Crippen molar-refractivity contribution in [1.82, 2.24) is 14.7 Å². The van der Waals surface area contributed by atoms with Crippen LogP contribution in [-0.4, -0.2) is 85.5 Å². The highest BCUT2D eigenvalue weighted by Crippen LogP contribution is 2.23. The summed E-state index contributed by atoms with van der Waals surface area (Å²) in [6.45, 7) is 9.64. The summed E-state index contributed by atoms with van der Waals surface area (Å²) in [5.41, 5.74) is 0. The molecule has 2 heterocycles. The number of methoxy groups -OCH3 is 1. The Labute approximate surface area is 127 Å². The van der Waals surface area contributed by atoms with Gasteiger partial charge in [0.15, 0.2) is 0 Å². The SMILES string of the molecule is CCN1CCN(C(=O)[C@H]2CC(=O)N([C@H](C)COC)C2)CC1. The number of piperazine rings is 1. The van der Waals surface area contributed by atoms with E-state index in [0.29, 0.717) is 19.6 Å². The first-order valence-corrected chi connectivity index (χ1v) is 7.86. The van der Waals surface area contributed by atoms with Crippen molar-refractivity contribution >= 4 is 11.8 Å². The third-order valence-electron chi connectivity index (χ3n) is 4.58. The largest absolute Gasteiger partial charge is 0.383 e. The Bertz CT molecular complexity index is 380. The van der Waals surface area contributed by atoms with Gasteiger partial charge in [0, 0.05) is 46.3 Å². The Morgan fingerprint density at radius 1 is 1.33 bits per heavy atom. The van der Waals surface area contributed by atoms with Crippen LogP contribution < -0.4 is 0 Å². The van der Waals surface area contributed by atoms with E-state index in [1.165, 1.54) is 0 Å². The third-order valence-corrected chi connectivity index (χ3v) is 4.58. The van der Waals surface area contributed by atoms with E-state index in [9.17, 15) is 9.59 Å². The van der Waals surface area contributed by atoms with Gasteiger partial charge in [-0.1, -0.05) is 6.92 Å². The van der Waals surface area contributed by atoms with E-state index in [1.807, 2.05) is 11.8 Å². The average Bonchev–Trinajstić information content (AvgIpc) is 2.89. The molecule has 2 amide bonds. The molecule has 2 atom stereocenters. The van der Waals surface area contributed by atoms with Crippen molar-refractivity contribution in [2.45, 2.75) is 26.3 Å². The molecule has 0 radical (unpaired) electrons. The van der Waals surface area contributed by atoms with Crippen molar-refractivity contribution in [3.8, 4) is 0 Å². The lowest BCUT2D eigenvalue weighted by molar-refractivity contribution is -0.137. The second-order valence-electron chi connectivity index (χ2n) is 6.01. The maximum atomic E-state index is 12.6. The second kappa shape index (κ2) is 7.22. The van der Waals surface area contributed by atoms with Gasteiger partial charge >= 0.3 is 0 Å². The molecule has 2 fully saturated rings. The lowest BCUT2D eigenvalue weighted by Crippen LogP contribution is -2.50. The number of likely N-dealkylation sites (N-methyl/N-ethyl adjacent to an activating group) is 1. The highest BCUT2D eigenvalue weighted by molar-refractivity contribution is 5.89. The molecule has 0 aromatic rings. The van der Waals surface area contributed by atoms with Crippen LogP contribution in [0, 0.1) is 5.92 Å². The van der Waals surface area contributed by atoms with Gasteiger partial charge in [-0.25, -0.2) is 0 Å². The molecule has 0 aromatic carbocycles. The van der Waals surface area contributed by atoms with E-state index in [2.05, 4.69) is 11.8 Å². The minimum absolute atomic E-state index is 0.0391. The fraction of sp³-hybridized carbons (Fsp3) is 0.867. The fourth-order valence-electron chi connectivity index (χ4n) is 3.20. The van der Waals surface area contributed by atoms with Crippen LogP contribution in [0.25, 0.3) is 0 Å². The number of hydrogen-bond acceptors (Lipinski definition) is 4. The Morgan fingerprint density at radius 3 is 2.57 bits per heavy atom. The minimum Gasteiger partial charge on any atom is -0.383 e. The molecular weight excluding hydrogens is 270 g/mol. The molecule has 0 unspecified atom stereocenters. The molecule has 2 aliphatic rings. The highest BCUT2D eigenvalue weighted by atomic mass is 16.5. The van der Waals surface area contributed by atoms with E-state index >= 15 is 0 Å². The van der Waals surface area contributed by atoms with Crippen LogP contribution in [0.5, 0.6) is 0 Å². The highest BCUT2D eigenvalue weighted by Gasteiger charge is 2.38. The number of amides is 2. The first-order valence-electron chi connectivity index (χ1n) is 7.86. The molecule has 120 valence electrons. The van der Waals surface area contributed by atoms with Crippen molar-refractivity contribution in [2.24, 2.45) is 5.92 Å². The predicted octanol–water partition coefficient (Wildman–Crippen LogP) is 0.0339. The van der Waals surface area contributed by atoms with Crippen LogP contribution in [-0.2, 0) is 14.3 Å². The van der Waals surface area contributed by atoms with E-state index in [0.717, 1.165) is 32.7 Å². The van der Waals surface area contributed by atoms with E-state index in [1.54, 1.807) is 12.0 Å². The summed E-state index contributed by atoms with van der Waals surface area (Å²) in [5, 5.41) is 0. The third kappa shape index (κ3) is 3.74. The molecule has 0 bridgehead atoms. The van der Waals surface area contributed by atoms with Crippen LogP contribution in [0.1, 0.15) is 20.3 Å². The molecule has 2 aliphatic heterocycles. The predicted molar refractivity (Wildman–Crippen MR) is 79.9 cm³/mol. The summed E-state index contributed by atoms with van der Waals surface area (Å²) >= 11 is 0. The Morgan fingerprint density at radius 2 is 2.00 bits per heavy atom. The molecule has 0 saturated carbocycles. The number of carbonyl (C=O) groups is 2. The molecule has 21 heavy (non-hydrogen) atoms. The van der Waals surface area contributed by atoms with E-state index < -0.39 is 0 Å². The quantitative estimate of drug-likeness (QED) is 0.719. The first-order chi connectivity index (χ1) is 10.1. The van der Waals surface area contributed by atoms with Crippen molar-refractivity contribution in [3.05, 3.63) is 0 Å². The number of likely N-dealkylation sites (tertiary alicyclic amines) is 1. The molecule has 0 N–H and O–H groups in total. The van der Waals surface area contributed by atoms with Gasteiger partial charge in [0.05, 0.1) is 18.6 Å². The smallest absolute Gasteiger partial charge is 0.228 e. The van der Waals surface area contributed by atoms with E-state index in [-0.39, 0.29) is 23.8 Å². The van der Waals surface area contributed by atoms with Gasteiger partial charge in [0.1, 0.15) is 0 Å². The Balaban J connectivity index is 1.88. The summed E-state index contributed by atoms with van der Waals surface area (Å²) in [6.07, 6.45) is 0.348. The zero-order chi connectivity index (χ0) is 15.4. The molecule has 0 spiro atoms. The molecular formula is C15H27N3O3. The maximum Gasteiger partial charge on any atom is 0.228 e. The van der Waals surface area contributed by atoms with Gasteiger partial charge < -0.3 is 19.4 Å². The van der Waals surface area contributed by atoms with Crippen molar-refractivity contribution in [3.63, 3.8) is 0 Å². The van der Waals surface area contributed by atoms with Crippen molar-refractivity contribution in [2.75, 3.05) is 53.0 Å². The Kier molecular flexibility index (Phi) is 5.58. The van der Waals surface area contributed by atoms with Gasteiger partial charge in [-0.15, -0.1) is 0 Å². The van der Waals surface area contributed by atoms with Crippen LogP contribution in [0.15, 0.2) is 0 Å². The molecule has 6 nitrogen and oxygen atoms in total. The lowest BCUT2D eigenvalue weighted by atomic mass is 10.1. The van der Waals surface area contributed by atoms with Crippen LogP contribution >= 0.6 is 0 Å². The zero-order valence-corrected chi connectivity index (χ0v) is 13.4. The number of rotatable bonds is 5. The van der Waals surface area contributed by atoms with Gasteiger partial charge in [-0.2, -0.15) is 0 Å². The van der Waals surface area contributed by atoms with Crippen LogP contribution in [0.3, 0.4) is 0 Å². The lowest BCUT2D eigenvalue weighted by Gasteiger charge is -2.35. The molecule has 0 aromatic heterocycles. The summed E-state index contributed by atoms with van der Waals surface area (Å²) in [5.74, 6) is 0.0429. The normalized spacial score (nSPS) is 25.5. The molecule has 0 aliphatic carbocycles. The summed E-state index contributed by atoms with van der Waals surface area (Å²) < 4.78 is 5.11. The van der Waals surface area contributed by atoms with Crippen molar-refractivity contribution in [1.29, 1.82) is 0 Å².